The minimum absolute atomic E-state index is 0.122. The number of rotatable bonds is 5. The Balaban J connectivity index is 1.56. The van der Waals surface area contributed by atoms with Crippen molar-refractivity contribution in [1.29, 1.82) is 0 Å². The number of nitrogens with one attached hydrogen (secondary N) is 2. The van der Waals surface area contributed by atoms with Gasteiger partial charge in [0.05, 0.1) is 31.1 Å². The van der Waals surface area contributed by atoms with E-state index < -0.39 is 21.7 Å². The van der Waals surface area contributed by atoms with Gasteiger partial charge in [0.1, 0.15) is 0 Å². The zero-order valence-electron chi connectivity index (χ0n) is 16.3. The van der Waals surface area contributed by atoms with E-state index in [4.69, 9.17) is 0 Å². The van der Waals surface area contributed by atoms with Gasteiger partial charge in [0.25, 0.3) is 5.91 Å². The van der Waals surface area contributed by atoms with Gasteiger partial charge in [0.15, 0.2) is 18.2 Å². The van der Waals surface area contributed by atoms with Crippen LogP contribution >= 0.6 is 0 Å². The maximum atomic E-state index is 13.2. The Kier molecular flexibility index (Phi) is 6.30. The Hall–Kier alpha value is -2.36. The van der Waals surface area contributed by atoms with Gasteiger partial charge in [0.2, 0.25) is 10.0 Å². The Labute approximate surface area is 169 Å². The molecular weight excluding hydrogens is 400 g/mol. The number of benzene rings is 2. The van der Waals surface area contributed by atoms with Crippen LogP contribution in [0.25, 0.3) is 0 Å². The smallest absolute Gasteiger partial charge is 0.279 e. The highest BCUT2D eigenvalue weighted by atomic mass is 32.2. The van der Waals surface area contributed by atoms with Gasteiger partial charge in [-0.2, -0.15) is 4.31 Å². The Morgan fingerprint density at radius 2 is 1.72 bits per heavy atom. The fraction of sp³-hybridized carbons (Fsp3) is 0.350. The number of aryl methyl sites for hydroxylation is 2. The molecule has 1 aliphatic heterocycles. The molecule has 0 radical (unpaired) electrons. The summed E-state index contributed by atoms with van der Waals surface area (Å²) >= 11 is 0. The van der Waals surface area contributed by atoms with Crippen molar-refractivity contribution in [2.24, 2.45) is 0 Å². The van der Waals surface area contributed by atoms with Crippen LogP contribution in [0, 0.1) is 25.5 Å². The molecule has 1 aliphatic rings. The Bertz CT molecular complexity index is 1020. The van der Waals surface area contributed by atoms with Crippen molar-refractivity contribution < 1.29 is 26.9 Å². The molecule has 1 amide bonds. The fourth-order valence-corrected chi connectivity index (χ4v) is 4.78. The molecule has 156 valence electrons. The van der Waals surface area contributed by atoms with E-state index in [-0.39, 0.29) is 23.0 Å². The van der Waals surface area contributed by atoms with Gasteiger partial charge in [-0.1, -0.05) is 6.07 Å². The van der Waals surface area contributed by atoms with E-state index in [2.05, 4.69) is 5.32 Å². The van der Waals surface area contributed by atoms with Gasteiger partial charge in [-0.25, -0.2) is 17.2 Å². The number of carbonyl (C=O) groups is 1. The van der Waals surface area contributed by atoms with E-state index in [1.165, 1.54) is 10.4 Å². The normalized spacial score (nSPS) is 16.0. The van der Waals surface area contributed by atoms with Gasteiger partial charge in [0, 0.05) is 11.8 Å². The number of hydrogen-bond donors (Lipinski definition) is 2. The number of sulfonamides is 1. The molecule has 0 aromatic heterocycles. The zero-order chi connectivity index (χ0) is 21.2. The number of quaternary nitrogens is 1. The maximum Gasteiger partial charge on any atom is 0.279 e. The molecule has 0 spiro atoms. The lowest BCUT2D eigenvalue weighted by molar-refractivity contribution is -0.895. The van der Waals surface area contributed by atoms with Crippen LogP contribution in [0.15, 0.2) is 41.3 Å². The summed E-state index contributed by atoms with van der Waals surface area (Å²) in [7, 11) is -3.57. The second kappa shape index (κ2) is 8.56. The number of amides is 1. The van der Waals surface area contributed by atoms with Crippen molar-refractivity contribution in [3.63, 3.8) is 0 Å². The van der Waals surface area contributed by atoms with Gasteiger partial charge in [-0.05, 0) is 49.2 Å². The average Bonchev–Trinajstić information content (AvgIpc) is 2.67. The first-order valence-corrected chi connectivity index (χ1v) is 10.8. The van der Waals surface area contributed by atoms with E-state index in [1.54, 1.807) is 18.2 Å². The summed E-state index contributed by atoms with van der Waals surface area (Å²) in [5.74, 6) is -2.34. The van der Waals surface area contributed by atoms with Crippen molar-refractivity contribution >= 4 is 21.6 Å². The van der Waals surface area contributed by atoms with E-state index in [0.717, 1.165) is 28.2 Å². The number of carbonyl (C=O) groups excluding carboxylic acids is 1. The minimum Gasteiger partial charge on any atom is -0.325 e. The molecular formula is C20H24F2N3O3S+. The van der Waals surface area contributed by atoms with Crippen LogP contribution in [0.5, 0.6) is 0 Å². The lowest BCUT2D eigenvalue weighted by Gasteiger charge is -2.31. The number of anilines is 1. The van der Waals surface area contributed by atoms with Crippen molar-refractivity contribution in [3.8, 4) is 0 Å². The second-order valence-electron chi connectivity index (χ2n) is 7.25. The fourth-order valence-electron chi connectivity index (χ4n) is 3.25. The molecule has 0 atom stereocenters. The van der Waals surface area contributed by atoms with Gasteiger partial charge in [-0.15, -0.1) is 0 Å². The van der Waals surface area contributed by atoms with Crippen molar-refractivity contribution in [1.82, 2.24) is 4.31 Å². The van der Waals surface area contributed by atoms with Crippen LogP contribution in [-0.2, 0) is 14.8 Å². The SMILES string of the molecule is Cc1ccc(S(=O)(=O)N2CC[NH+](CC(=O)Nc3ccc(F)c(F)c3)CC2)cc1C. The van der Waals surface area contributed by atoms with E-state index in [1.807, 2.05) is 13.8 Å². The molecule has 6 nitrogen and oxygen atoms in total. The van der Waals surface area contributed by atoms with E-state index in [9.17, 15) is 22.0 Å². The first-order chi connectivity index (χ1) is 13.7. The predicted octanol–water partition coefficient (Wildman–Crippen LogP) is 1.11. The molecule has 3 rings (SSSR count). The van der Waals surface area contributed by atoms with Crippen LogP contribution in [0.4, 0.5) is 14.5 Å². The molecule has 0 saturated carbocycles. The predicted molar refractivity (Wildman–Crippen MR) is 105 cm³/mol. The summed E-state index contributed by atoms with van der Waals surface area (Å²) < 4.78 is 53.3. The molecule has 0 bridgehead atoms. The highest BCUT2D eigenvalue weighted by molar-refractivity contribution is 7.89. The Morgan fingerprint density at radius 3 is 2.34 bits per heavy atom. The summed E-state index contributed by atoms with van der Waals surface area (Å²) in [6.45, 7) is 5.51. The number of nitrogens with zero attached hydrogens (tertiary/aromatic N) is 1. The molecule has 1 heterocycles. The molecule has 1 fully saturated rings. The minimum atomic E-state index is -3.57. The quantitative estimate of drug-likeness (QED) is 0.756. The van der Waals surface area contributed by atoms with Crippen molar-refractivity contribution in [2.45, 2.75) is 18.7 Å². The summed E-state index contributed by atoms with van der Waals surface area (Å²) in [6, 6.07) is 8.27. The zero-order valence-corrected chi connectivity index (χ0v) is 17.2. The van der Waals surface area contributed by atoms with Crippen LogP contribution < -0.4 is 10.2 Å². The highest BCUT2D eigenvalue weighted by Gasteiger charge is 2.31. The lowest BCUT2D eigenvalue weighted by atomic mass is 10.1. The monoisotopic (exact) mass is 424 g/mol. The lowest BCUT2D eigenvalue weighted by Crippen LogP contribution is -3.15. The molecule has 0 aliphatic carbocycles. The number of piperazine rings is 1. The summed E-state index contributed by atoms with van der Waals surface area (Å²) in [5.41, 5.74) is 2.14. The highest BCUT2D eigenvalue weighted by Crippen LogP contribution is 2.19. The van der Waals surface area contributed by atoms with Gasteiger partial charge in [-0.3, -0.25) is 4.79 Å². The summed E-state index contributed by atoms with van der Waals surface area (Å²) in [6.07, 6.45) is 0. The maximum absolute atomic E-state index is 13.2. The van der Waals surface area contributed by atoms with Crippen LogP contribution in [0.3, 0.4) is 0 Å². The van der Waals surface area contributed by atoms with Crippen molar-refractivity contribution in [2.75, 3.05) is 38.0 Å². The molecule has 2 aromatic rings. The standard InChI is InChI=1S/C20H23F2N3O3S/c1-14-3-5-17(11-15(14)2)29(27,28)25-9-7-24(8-10-25)13-20(26)23-16-4-6-18(21)19(22)12-16/h3-6,11-12H,7-10,13H2,1-2H3,(H,23,26)/p+1. The summed E-state index contributed by atoms with van der Waals surface area (Å²) in [5, 5.41) is 2.54. The molecule has 2 N–H and O–H groups in total. The van der Waals surface area contributed by atoms with Crippen molar-refractivity contribution in [3.05, 3.63) is 59.2 Å². The topological polar surface area (TPSA) is 70.9 Å². The third kappa shape index (κ3) is 4.98. The van der Waals surface area contributed by atoms with E-state index >= 15 is 0 Å². The first-order valence-electron chi connectivity index (χ1n) is 9.32. The molecule has 9 heteroatoms. The second-order valence-corrected chi connectivity index (χ2v) is 9.19. The van der Waals surface area contributed by atoms with Crippen LogP contribution in [0.1, 0.15) is 11.1 Å². The molecule has 0 unspecified atom stereocenters. The third-order valence-electron chi connectivity index (χ3n) is 5.16. The van der Waals surface area contributed by atoms with E-state index in [0.29, 0.717) is 26.2 Å². The average molecular weight is 424 g/mol. The largest absolute Gasteiger partial charge is 0.325 e. The first kappa shape index (κ1) is 21.4. The van der Waals surface area contributed by atoms with Gasteiger partial charge < -0.3 is 10.2 Å². The summed E-state index contributed by atoms with van der Waals surface area (Å²) in [4.78, 5) is 13.4. The van der Waals surface area contributed by atoms with Gasteiger partial charge >= 0.3 is 0 Å². The molecule has 29 heavy (non-hydrogen) atoms. The van der Waals surface area contributed by atoms with Crippen LogP contribution in [0.2, 0.25) is 0 Å². The number of halogens is 2. The van der Waals surface area contributed by atoms with Crippen LogP contribution in [-0.4, -0.2) is 51.4 Å². The molecule has 2 aromatic carbocycles. The number of hydrogen-bond acceptors (Lipinski definition) is 3. The third-order valence-corrected chi connectivity index (χ3v) is 7.05. The molecule has 1 saturated heterocycles. The Morgan fingerprint density at radius 1 is 1.03 bits per heavy atom.